The van der Waals surface area contributed by atoms with E-state index in [9.17, 15) is 26.4 Å². The molecule has 0 aliphatic heterocycles. The molecule has 4 atom stereocenters. The number of rotatable bonds is 9. The molecule has 1 aromatic heterocycles. The second kappa shape index (κ2) is 12.5. The summed E-state index contributed by atoms with van der Waals surface area (Å²) in [6.45, 7) is 2.07. The summed E-state index contributed by atoms with van der Waals surface area (Å²) in [6.07, 6.45) is 2.82. The molecule has 2 fully saturated rings. The third-order valence-electron chi connectivity index (χ3n) is 8.40. The molecule has 0 spiro atoms. The Kier molecular flexibility index (Phi) is 9.47. The largest absolute Gasteiger partial charge is 0.494 e. The number of anilines is 3. The van der Waals surface area contributed by atoms with Gasteiger partial charge in [0.2, 0.25) is 21.9 Å². The number of alkyl halides is 3. The maximum Gasteiger partial charge on any atom is 0.419 e. The van der Waals surface area contributed by atoms with Gasteiger partial charge in [-0.25, -0.2) is 22.7 Å². The molecule has 9 nitrogen and oxygen atoms in total. The molecule has 13 heteroatoms. The van der Waals surface area contributed by atoms with Gasteiger partial charge in [0.05, 0.1) is 30.3 Å². The lowest BCUT2D eigenvalue weighted by atomic mass is 9.81. The fourth-order valence-electron chi connectivity index (χ4n) is 6.03. The molecule has 2 aromatic rings. The number of carbonyl (C=O) groups is 1. The van der Waals surface area contributed by atoms with Crippen LogP contribution in [0.4, 0.5) is 30.5 Å². The van der Waals surface area contributed by atoms with E-state index >= 15 is 0 Å². The number of hydrogen-bond acceptors (Lipinski definition) is 7. The highest BCUT2D eigenvalue weighted by Gasteiger charge is 2.38. The van der Waals surface area contributed by atoms with Crippen LogP contribution < -0.4 is 15.4 Å². The van der Waals surface area contributed by atoms with Gasteiger partial charge in [0.25, 0.3) is 0 Å². The molecule has 1 aromatic carbocycles. The molecule has 0 saturated heterocycles. The average molecular weight is 598 g/mol. The van der Waals surface area contributed by atoms with E-state index in [4.69, 9.17) is 4.74 Å². The first-order valence-corrected chi connectivity index (χ1v) is 15.7. The van der Waals surface area contributed by atoms with E-state index < -0.39 is 27.8 Å². The number of hydrogen-bond donors (Lipinski definition) is 2. The van der Waals surface area contributed by atoms with Gasteiger partial charge in [0, 0.05) is 37.0 Å². The van der Waals surface area contributed by atoms with Crippen LogP contribution >= 0.6 is 0 Å². The molecule has 1 amide bonds. The number of halogens is 3. The molecule has 4 rings (SSSR count). The van der Waals surface area contributed by atoms with E-state index in [0.29, 0.717) is 35.9 Å². The summed E-state index contributed by atoms with van der Waals surface area (Å²) in [4.78, 5) is 20.9. The number of nitrogens with zero attached hydrogens (tertiary/aromatic N) is 3. The van der Waals surface area contributed by atoms with Crippen molar-refractivity contribution >= 4 is 33.3 Å². The van der Waals surface area contributed by atoms with Crippen LogP contribution in [0.25, 0.3) is 0 Å². The molecule has 226 valence electrons. The summed E-state index contributed by atoms with van der Waals surface area (Å²) in [5, 5.41) is 5.88. The SMILES string of the molecule is COc1cc(NC(=O)C2CCCC2C)ccc1Nc1ncc(C(F)(F)F)c(C[C@@H]2CCCC[C@H]2N(C)S(C)(=O)=O)n1. The minimum Gasteiger partial charge on any atom is -0.494 e. The zero-order valence-electron chi connectivity index (χ0n) is 23.8. The smallest absolute Gasteiger partial charge is 0.419 e. The van der Waals surface area contributed by atoms with Crippen molar-refractivity contribution < 1.29 is 31.1 Å². The Bertz CT molecular complexity index is 1350. The van der Waals surface area contributed by atoms with Crippen molar-refractivity contribution in [2.24, 2.45) is 17.8 Å². The molecular weight excluding hydrogens is 559 g/mol. The summed E-state index contributed by atoms with van der Waals surface area (Å²) in [5.41, 5.74) is -0.176. The summed E-state index contributed by atoms with van der Waals surface area (Å²) in [7, 11) is -0.591. The van der Waals surface area contributed by atoms with Gasteiger partial charge in [-0.15, -0.1) is 0 Å². The highest BCUT2D eigenvalue weighted by Crippen LogP contribution is 2.38. The van der Waals surface area contributed by atoms with Crippen LogP contribution in [0, 0.1) is 17.8 Å². The van der Waals surface area contributed by atoms with E-state index in [2.05, 4.69) is 27.5 Å². The summed E-state index contributed by atoms with van der Waals surface area (Å²) in [5.74, 6) is 0.211. The highest BCUT2D eigenvalue weighted by atomic mass is 32.2. The summed E-state index contributed by atoms with van der Waals surface area (Å²) < 4.78 is 73.0. The molecule has 2 unspecified atom stereocenters. The number of sulfonamides is 1. The van der Waals surface area contributed by atoms with Crippen molar-refractivity contribution in [3.05, 3.63) is 35.7 Å². The number of ether oxygens (including phenoxy) is 1. The summed E-state index contributed by atoms with van der Waals surface area (Å²) >= 11 is 0. The van der Waals surface area contributed by atoms with Crippen molar-refractivity contribution in [1.29, 1.82) is 0 Å². The van der Waals surface area contributed by atoms with E-state index in [-0.39, 0.29) is 35.8 Å². The van der Waals surface area contributed by atoms with Crippen LogP contribution in [0.2, 0.25) is 0 Å². The Balaban J connectivity index is 1.57. The Labute approximate surface area is 239 Å². The molecular formula is C28H38F3N5O4S. The lowest BCUT2D eigenvalue weighted by Crippen LogP contribution is -2.44. The predicted molar refractivity (Wildman–Crippen MR) is 151 cm³/mol. The number of amides is 1. The van der Waals surface area contributed by atoms with Gasteiger partial charge in [-0.2, -0.15) is 13.2 Å². The standard InChI is InChI=1S/C28H38F3N5O4S/c1-17-8-7-10-20(17)26(37)33-19-12-13-22(25(15-19)40-3)34-27-32-16-21(28(29,30)31)23(35-27)14-18-9-5-6-11-24(18)36(2)41(4,38)39/h12-13,15-18,20,24H,5-11,14H2,1-4H3,(H,33,37)(H,32,34,35)/t17?,18-,20?,24+/m0/s1. The van der Waals surface area contributed by atoms with Crippen molar-refractivity contribution in [2.45, 2.75) is 70.5 Å². The third kappa shape index (κ3) is 7.48. The quantitative estimate of drug-likeness (QED) is 0.386. The minimum atomic E-state index is -4.67. The number of methoxy groups -OCH3 is 1. The van der Waals surface area contributed by atoms with E-state index in [1.54, 1.807) is 18.2 Å². The third-order valence-corrected chi connectivity index (χ3v) is 9.72. The second-order valence-corrected chi connectivity index (χ2v) is 13.2. The van der Waals surface area contributed by atoms with Crippen LogP contribution in [-0.4, -0.2) is 55.1 Å². The fraction of sp³-hybridized carbons (Fsp3) is 0.607. The number of benzene rings is 1. The van der Waals surface area contributed by atoms with Crippen molar-refractivity contribution in [2.75, 3.05) is 31.0 Å². The van der Waals surface area contributed by atoms with Crippen LogP contribution in [0.3, 0.4) is 0 Å². The zero-order valence-corrected chi connectivity index (χ0v) is 24.6. The first-order valence-electron chi connectivity index (χ1n) is 13.9. The second-order valence-electron chi connectivity index (χ2n) is 11.2. The number of nitrogens with one attached hydrogen (secondary N) is 2. The van der Waals surface area contributed by atoms with Crippen LogP contribution in [-0.2, 0) is 27.4 Å². The maximum absolute atomic E-state index is 13.9. The Morgan fingerprint density at radius 3 is 2.51 bits per heavy atom. The normalized spacial score (nSPS) is 23.4. The van der Waals surface area contributed by atoms with E-state index in [1.165, 1.54) is 18.5 Å². The monoisotopic (exact) mass is 597 g/mol. The van der Waals surface area contributed by atoms with Gasteiger partial charge < -0.3 is 15.4 Å². The van der Waals surface area contributed by atoms with Crippen molar-refractivity contribution in [3.8, 4) is 5.75 Å². The number of carbonyl (C=O) groups excluding carboxylic acids is 1. The average Bonchev–Trinajstić information content (AvgIpc) is 3.34. The van der Waals surface area contributed by atoms with Crippen molar-refractivity contribution in [3.63, 3.8) is 0 Å². The molecule has 1 heterocycles. The Morgan fingerprint density at radius 2 is 1.88 bits per heavy atom. The fourth-order valence-corrected chi connectivity index (χ4v) is 6.80. The predicted octanol–water partition coefficient (Wildman–Crippen LogP) is 5.62. The van der Waals surface area contributed by atoms with E-state index in [0.717, 1.165) is 44.6 Å². The molecule has 0 bridgehead atoms. The van der Waals surface area contributed by atoms with E-state index in [1.807, 2.05) is 0 Å². The van der Waals surface area contributed by atoms with Gasteiger partial charge in [-0.05, 0) is 56.1 Å². The van der Waals surface area contributed by atoms with Crippen LogP contribution in [0.15, 0.2) is 24.4 Å². The van der Waals surface area contributed by atoms with Gasteiger partial charge >= 0.3 is 6.18 Å². The molecule has 41 heavy (non-hydrogen) atoms. The topological polar surface area (TPSA) is 114 Å². The maximum atomic E-state index is 13.9. The van der Waals surface area contributed by atoms with Gasteiger partial charge in [-0.1, -0.05) is 26.2 Å². The summed E-state index contributed by atoms with van der Waals surface area (Å²) in [6, 6.07) is 4.55. The molecule has 2 N–H and O–H groups in total. The lowest BCUT2D eigenvalue weighted by molar-refractivity contribution is -0.138. The highest BCUT2D eigenvalue weighted by molar-refractivity contribution is 7.88. The van der Waals surface area contributed by atoms with Gasteiger partial charge in [-0.3, -0.25) is 4.79 Å². The van der Waals surface area contributed by atoms with Gasteiger partial charge in [0.1, 0.15) is 5.75 Å². The number of aromatic nitrogens is 2. The van der Waals surface area contributed by atoms with Crippen LogP contribution in [0.1, 0.15) is 63.1 Å². The van der Waals surface area contributed by atoms with Crippen LogP contribution in [0.5, 0.6) is 5.75 Å². The Morgan fingerprint density at radius 1 is 1.15 bits per heavy atom. The first-order chi connectivity index (χ1) is 19.3. The molecule has 2 aliphatic rings. The Hall–Kier alpha value is -2.93. The van der Waals surface area contributed by atoms with Crippen molar-refractivity contribution in [1.82, 2.24) is 14.3 Å². The first kappa shape index (κ1) is 31.0. The van der Waals surface area contributed by atoms with Gasteiger partial charge in [0.15, 0.2) is 0 Å². The molecule has 2 aliphatic carbocycles. The zero-order chi connectivity index (χ0) is 29.9. The molecule has 0 radical (unpaired) electrons. The minimum absolute atomic E-state index is 0.0428. The molecule has 2 saturated carbocycles. The lowest BCUT2D eigenvalue weighted by Gasteiger charge is -2.37.